The minimum absolute atomic E-state index is 0.146. The maximum absolute atomic E-state index is 12.9. The number of esters is 2. The number of aliphatic carboxylic acids is 1. The number of rotatable bonds is 63. The van der Waals surface area contributed by atoms with Crippen molar-refractivity contribution in [2.75, 3.05) is 47.5 Å². The fraction of sp³-hybridized carbons (Fsp3) is 0.792. The lowest BCUT2D eigenvalue weighted by molar-refractivity contribution is -0.870. The first-order valence-electron chi connectivity index (χ1n) is 34.1. The van der Waals surface area contributed by atoms with Gasteiger partial charge in [-0.1, -0.05) is 279 Å². The first-order valence-corrected chi connectivity index (χ1v) is 34.1. The van der Waals surface area contributed by atoms with E-state index >= 15 is 0 Å². The van der Waals surface area contributed by atoms with Crippen LogP contribution in [0.3, 0.4) is 0 Å². The predicted octanol–water partition coefficient (Wildman–Crippen LogP) is 19.6. The lowest BCUT2D eigenvalue weighted by Gasteiger charge is -2.26. The third kappa shape index (κ3) is 64.1. The van der Waals surface area contributed by atoms with Gasteiger partial charge in [-0.3, -0.25) is 9.59 Å². The monoisotopic (exact) mass is 1140 g/mol. The molecule has 0 N–H and O–H groups in total. The highest BCUT2D eigenvalue weighted by Gasteiger charge is 2.22. The highest BCUT2D eigenvalue weighted by molar-refractivity contribution is 5.70. The number of allylic oxidation sites excluding steroid dienone is 12. The van der Waals surface area contributed by atoms with Crippen molar-refractivity contribution in [3.8, 4) is 0 Å². The molecule has 9 heteroatoms. The number of nitrogens with zero attached hydrogens (tertiary/aromatic N) is 1. The van der Waals surface area contributed by atoms with Crippen LogP contribution in [-0.2, 0) is 33.3 Å². The van der Waals surface area contributed by atoms with Gasteiger partial charge in [-0.25, -0.2) is 0 Å². The summed E-state index contributed by atoms with van der Waals surface area (Å²) in [7, 11) is 5.93. The van der Waals surface area contributed by atoms with Crippen molar-refractivity contribution in [2.24, 2.45) is 0 Å². The topological polar surface area (TPSA) is 111 Å². The molecule has 0 fully saturated rings. The summed E-state index contributed by atoms with van der Waals surface area (Å²) >= 11 is 0. The highest BCUT2D eigenvalue weighted by Crippen LogP contribution is 2.17. The molecule has 9 nitrogen and oxygen atoms in total. The van der Waals surface area contributed by atoms with E-state index in [0.29, 0.717) is 17.4 Å². The molecule has 470 valence electrons. The summed E-state index contributed by atoms with van der Waals surface area (Å²) in [6.45, 7) is 4.75. The summed E-state index contributed by atoms with van der Waals surface area (Å²) in [6, 6.07) is 0. The van der Waals surface area contributed by atoms with E-state index < -0.39 is 24.3 Å². The number of carbonyl (C=O) groups excluding carboxylic acids is 3. The largest absolute Gasteiger partial charge is 0.545 e. The number of hydrogen-bond donors (Lipinski definition) is 0. The summed E-state index contributed by atoms with van der Waals surface area (Å²) in [5, 5.41) is 11.8. The number of unbranched alkanes of at least 4 members (excludes halogenated alkanes) is 36. The second-order valence-corrected chi connectivity index (χ2v) is 24.1. The Morgan fingerprint density at radius 2 is 0.667 bits per heavy atom. The van der Waals surface area contributed by atoms with E-state index in [0.717, 1.165) is 57.8 Å². The van der Waals surface area contributed by atoms with Crippen LogP contribution in [0.4, 0.5) is 0 Å². The van der Waals surface area contributed by atoms with Crippen LogP contribution in [-0.4, -0.2) is 82.3 Å². The van der Waals surface area contributed by atoms with Crippen molar-refractivity contribution in [2.45, 2.75) is 322 Å². The fourth-order valence-corrected chi connectivity index (χ4v) is 9.67. The third-order valence-corrected chi connectivity index (χ3v) is 14.9. The van der Waals surface area contributed by atoms with Gasteiger partial charge in [-0.15, -0.1) is 0 Å². The molecule has 0 aliphatic heterocycles. The van der Waals surface area contributed by atoms with Crippen LogP contribution in [0.1, 0.15) is 309 Å². The number of hydrogen-bond acceptors (Lipinski definition) is 8. The summed E-state index contributed by atoms with van der Waals surface area (Å²) in [6.07, 6.45) is 79.7. The number of carboxylic acids is 1. The van der Waals surface area contributed by atoms with Crippen molar-refractivity contribution in [1.29, 1.82) is 0 Å². The van der Waals surface area contributed by atoms with Crippen molar-refractivity contribution >= 4 is 17.9 Å². The van der Waals surface area contributed by atoms with E-state index in [-0.39, 0.29) is 38.6 Å². The summed E-state index contributed by atoms with van der Waals surface area (Å²) in [5.41, 5.74) is 0. The molecule has 0 radical (unpaired) electrons. The van der Waals surface area contributed by atoms with Crippen LogP contribution in [0.5, 0.6) is 0 Å². The highest BCUT2D eigenvalue weighted by atomic mass is 16.7. The van der Waals surface area contributed by atoms with E-state index in [2.05, 4.69) is 86.8 Å². The number of carboxylic acid groups (broad SMARTS) is 1. The SMILES string of the molecule is CCCCCCC/C=C\C/C=C\C/C=C\CCCCCCCCCCCCCCCCCCC(=O)OC(COC(=O)CCCCCCCCCCCC/C=C\C/C=C\C/C=C\CCCCCCC)COC(OCC[N+](C)(C)C)C(=O)[O-]. The molecular formula is C72H129NO8. The summed E-state index contributed by atoms with van der Waals surface area (Å²) in [4.78, 5) is 37.5. The molecule has 0 aromatic rings. The van der Waals surface area contributed by atoms with E-state index in [4.69, 9.17) is 18.9 Å². The molecule has 0 aromatic heterocycles. The van der Waals surface area contributed by atoms with E-state index in [1.54, 1.807) is 0 Å². The number of carbonyl (C=O) groups is 3. The normalized spacial score (nSPS) is 13.1. The number of likely N-dealkylation sites (N-methyl/N-ethyl adjacent to an activating group) is 1. The zero-order valence-corrected chi connectivity index (χ0v) is 53.7. The summed E-state index contributed by atoms with van der Waals surface area (Å²) < 4.78 is 22.8. The Morgan fingerprint density at radius 1 is 0.370 bits per heavy atom. The first kappa shape index (κ1) is 77.7. The molecular weight excluding hydrogens is 1010 g/mol. The molecule has 0 aromatic carbocycles. The second kappa shape index (κ2) is 62.8. The maximum Gasteiger partial charge on any atom is 0.306 e. The van der Waals surface area contributed by atoms with Crippen LogP contribution in [0, 0.1) is 0 Å². The minimum Gasteiger partial charge on any atom is -0.545 e. The van der Waals surface area contributed by atoms with Gasteiger partial charge in [0, 0.05) is 12.8 Å². The predicted molar refractivity (Wildman–Crippen MR) is 343 cm³/mol. The lowest BCUT2D eigenvalue weighted by atomic mass is 10.0. The Bertz CT molecular complexity index is 1560. The van der Waals surface area contributed by atoms with E-state index in [1.165, 1.54) is 218 Å². The molecule has 2 atom stereocenters. The van der Waals surface area contributed by atoms with Gasteiger partial charge >= 0.3 is 11.9 Å². The van der Waals surface area contributed by atoms with Gasteiger partial charge in [0.05, 0.1) is 40.3 Å². The van der Waals surface area contributed by atoms with Crippen LogP contribution in [0.15, 0.2) is 72.9 Å². The molecule has 81 heavy (non-hydrogen) atoms. The van der Waals surface area contributed by atoms with Crippen LogP contribution in [0.25, 0.3) is 0 Å². The van der Waals surface area contributed by atoms with Crippen molar-refractivity contribution in [1.82, 2.24) is 0 Å². The Labute approximate surface area is 500 Å². The Kier molecular flexibility index (Phi) is 60.2. The van der Waals surface area contributed by atoms with Crippen LogP contribution >= 0.6 is 0 Å². The zero-order valence-electron chi connectivity index (χ0n) is 53.7. The number of ether oxygens (including phenoxy) is 4. The molecule has 0 heterocycles. The first-order chi connectivity index (χ1) is 39.6. The van der Waals surface area contributed by atoms with Gasteiger partial charge in [0.25, 0.3) is 0 Å². The smallest absolute Gasteiger partial charge is 0.306 e. The zero-order chi connectivity index (χ0) is 59.1. The standard InChI is InChI=1S/C72H129NO8/c1-6-8-10-12-14-16-18-20-22-24-26-28-30-32-33-34-35-36-37-39-41-43-45-47-49-51-53-55-57-59-61-63-70(75)81-68(67-80-72(71(76)77)78-65-64-73(3,4)5)66-79-69(74)62-60-58-56-54-52-50-48-46-44-42-40-38-31-29-27-25-23-21-19-17-15-13-11-9-7-2/h18-21,24-27,30-32,38,68,72H,6-17,22-23,28-29,33-37,39-67H2,1-5H3/b20-18-,21-19-,26-24-,27-25-,32-30-,38-31-. The number of quaternary nitrogens is 1. The van der Waals surface area contributed by atoms with Crippen molar-refractivity contribution < 1.29 is 42.9 Å². The second-order valence-electron chi connectivity index (χ2n) is 24.1. The van der Waals surface area contributed by atoms with Gasteiger partial charge in [-0.2, -0.15) is 0 Å². The maximum atomic E-state index is 12.9. The quantitative estimate of drug-likeness (QED) is 0.0195. The Balaban J connectivity index is 4.14. The van der Waals surface area contributed by atoms with Gasteiger partial charge in [0.15, 0.2) is 12.4 Å². The molecule has 0 spiro atoms. The van der Waals surface area contributed by atoms with Gasteiger partial charge in [-0.05, 0) is 89.9 Å². The minimum atomic E-state index is -1.62. The molecule has 0 saturated carbocycles. The lowest BCUT2D eigenvalue weighted by Crippen LogP contribution is -2.44. The average molecular weight is 1140 g/mol. The van der Waals surface area contributed by atoms with Crippen LogP contribution in [0.2, 0.25) is 0 Å². The fourth-order valence-electron chi connectivity index (χ4n) is 9.67. The van der Waals surface area contributed by atoms with E-state index in [9.17, 15) is 19.5 Å². The third-order valence-electron chi connectivity index (χ3n) is 14.9. The molecule has 0 aliphatic carbocycles. The molecule has 0 rings (SSSR count). The molecule has 0 saturated heterocycles. The van der Waals surface area contributed by atoms with Gasteiger partial charge in [0.2, 0.25) is 0 Å². The molecule has 0 aliphatic rings. The summed E-state index contributed by atoms with van der Waals surface area (Å²) in [5.74, 6) is -2.28. The molecule has 0 amide bonds. The van der Waals surface area contributed by atoms with E-state index in [1.807, 2.05) is 21.1 Å². The molecule has 2 unspecified atom stereocenters. The average Bonchev–Trinajstić information content (AvgIpc) is 3.44. The van der Waals surface area contributed by atoms with Gasteiger partial charge in [0.1, 0.15) is 13.2 Å². The van der Waals surface area contributed by atoms with Crippen molar-refractivity contribution in [3.63, 3.8) is 0 Å². The van der Waals surface area contributed by atoms with Gasteiger partial charge < -0.3 is 33.3 Å². The Morgan fingerprint density at radius 3 is 0.988 bits per heavy atom. The molecule has 0 bridgehead atoms. The van der Waals surface area contributed by atoms with Crippen molar-refractivity contribution in [3.05, 3.63) is 72.9 Å². The Hall–Kier alpha value is -3.27. The van der Waals surface area contributed by atoms with Crippen LogP contribution < -0.4 is 5.11 Å².